The number of hydrogen-bond donors (Lipinski definition) is 2. The van der Waals surface area contributed by atoms with Crippen molar-refractivity contribution in [1.29, 1.82) is 0 Å². The van der Waals surface area contributed by atoms with Crippen LogP contribution in [0.15, 0.2) is 41.0 Å². The van der Waals surface area contributed by atoms with Gasteiger partial charge in [0.25, 0.3) is 5.91 Å². The van der Waals surface area contributed by atoms with E-state index in [1.165, 1.54) is 6.26 Å². The maximum atomic E-state index is 12.6. The summed E-state index contributed by atoms with van der Waals surface area (Å²) in [5.74, 6) is 1.11. The van der Waals surface area contributed by atoms with Gasteiger partial charge in [-0.05, 0) is 49.6 Å². The van der Waals surface area contributed by atoms with Gasteiger partial charge in [0.15, 0.2) is 17.3 Å². The van der Waals surface area contributed by atoms with Crippen molar-refractivity contribution in [2.45, 2.75) is 44.1 Å². The molecule has 154 valence electrons. The van der Waals surface area contributed by atoms with Crippen LogP contribution in [-0.4, -0.2) is 37.6 Å². The number of nitrogens with one attached hydrogen (secondary N) is 2. The lowest BCUT2D eigenvalue weighted by molar-refractivity contribution is -0.122. The van der Waals surface area contributed by atoms with Gasteiger partial charge in [0.2, 0.25) is 5.91 Å². The summed E-state index contributed by atoms with van der Waals surface area (Å²) in [5.41, 5.74) is 1.03. The van der Waals surface area contributed by atoms with Crippen molar-refractivity contribution >= 4 is 11.8 Å². The molecule has 1 atom stereocenters. The lowest BCUT2D eigenvalue weighted by atomic mass is 9.78. The molecule has 1 aromatic carbocycles. The van der Waals surface area contributed by atoms with E-state index in [1.54, 1.807) is 19.1 Å². The summed E-state index contributed by atoms with van der Waals surface area (Å²) in [7, 11) is 0. The van der Waals surface area contributed by atoms with Gasteiger partial charge >= 0.3 is 0 Å². The van der Waals surface area contributed by atoms with Gasteiger partial charge in [-0.2, -0.15) is 0 Å². The third kappa shape index (κ3) is 4.09. The highest BCUT2D eigenvalue weighted by molar-refractivity contribution is 5.95. The Morgan fingerprint density at radius 2 is 1.86 bits per heavy atom. The third-order valence-electron chi connectivity index (χ3n) is 5.80. The standard InChI is InChI=1S/C22H26N2O5/c1-15(24-21(26)18-5-4-10-27-18)20(25)23-14-22(8-2-3-9-22)16-6-7-17-19(13-16)29-12-11-28-17/h4-7,10,13,15H,2-3,8-9,11-12,14H2,1H3,(H,23,25)(H,24,26). The molecule has 1 aromatic heterocycles. The molecule has 2 aliphatic rings. The topological polar surface area (TPSA) is 89.8 Å². The first-order chi connectivity index (χ1) is 14.1. The monoisotopic (exact) mass is 398 g/mol. The van der Waals surface area contributed by atoms with E-state index >= 15 is 0 Å². The first-order valence-corrected chi connectivity index (χ1v) is 10.1. The number of benzene rings is 1. The number of rotatable bonds is 6. The first-order valence-electron chi connectivity index (χ1n) is 10.1. The van der Waals surface area contributed by atoms with Gasteiger partial charge in [0.1, 0.15) is 19.3 Å². The third-order valence-corrected chi connectivity index (χ3v) is 5.80. The average molecular weight is 398 g/mol. The Hall–Kier alpha value is -2.96. The van der Waals surface area contributed by atoms with Crippen LogP contribution in [0.3, 0.4) is 0 Å². The van der Waals surface area contributed by atoms with E-state index in [1.807, 2.05) is 12.1 Å². The van der Waals surface area contributed by atoms with Crippen molar-refractivity contribution in [3.63, 3.8) is 0 Å². The normalized spacial score (nSPS) is 18.1. The average Bonchev–Trinajstić information content (AvgIpc) is 3.44. The zero-order chi connectivity index (χ0) is 20.3. The van der Waals surface area contributed by atoms with Crippen LogP contribution in [0.1, 0.15) is 48.7 Å². The molecule has 1 unspecified atom stereocenters. The van der Waals surface area contributed by atoms with Gasteiger partial charge in [-0.3, -0.25) is 9.59 Å². The fourth-order valence-corrected chi connectivity index (χ4v) is 4.14. The molecule has 4 rings (SSSR count). The van der Waals surface area contributed by atoms with E-state index in [0.29, 0.717) is 19.8 Å². The number of fused-ring (bicyclic) bond motifs is 1. The minimum atomic E-state index is -0.661. The van der Waals surface area contributed by atoms with Crippen LogP contribution < -0.4 is 20.1 Å². The molecule has 7 heteroatoms. The van der Waals surface area contributed by atoms with Crippen molar-refractivity contribution in [2.75, 3.05) is 19.8 Å². The van der Waals surface area contributed by atoms with Gasteiger partial charge in [-0.1, -0.05) is 18.9 Å². The fourth-order valence-electron chi connectivity index (χ4n) is 4.14. The molecule has 0 saturated heterocycles. The van der Waals surface area contributed by atoms with Crippen LogP contribution in [0.2, 0.25) is 0 Å². The summed E-state index contributed by atoms with van der Waals surface area (Å²) in [5, 5.41) is 5.71. The second-order valence-electron chi connectivity index (χ2n) is 7.74. The molecule has 2 N–H and O–H groups in total. The Bertz CT molecular complexity index is 871. The fraction of sp³-hybridized carbons (Fsp3) is 0.455. The summed E-state index contributed by atoms with van der Waals surface area (Å²) in [6.45, 7) is 3.30. The number of ether oxygens (including phenoxy) is 2. The Morgan fingerprint density at radius 3 is 2.59 bits per heavy atom. The van der Waals surface area contributed by atoms with Crippen molar-refractivity contribution in [1.82, 2.24) is 10.6 Å². The molecule has 0 bridgehead atoms. The highest BCUT2D eigenvalue weighted by Gasteiger charge is 2.37. The number of hydrogen-bond acceptors (Lipinski definition) is 5. The summed E-state index contributed by atoms with van der Waals surface area (Å²) in [6, 6.07) is 8.62. The van der Waals surface area contributed by atoms with E-state index in [0.717, 1.165) is 42.7 Å². The lowest BCUT2D eigenvalue weighted by Gasteiger charge is -2.32. The van der Waals surface area contributed by atoms with Crippen LogP contribution in [-0.2, 0) is 10.2 Å². The van der Waals surface area contributed by atoms with Gasteiger partial charge in [0.05, 0.1) is 6.26 Å². The van der Waals surface area contributed by atoms with Crippen molar-refractivity contribution in [3.05, 3.63) is 47.9 Å². The maximum Gasteiger partial charge on any atom is 0.287 e. The van der Waals surface area contributed by atoms with Crippen LogP contribution >= 0.6 is 0 Å². The molecule has 1 fully saturated rings. The summed E-state index contributed by atoms with van der Waals surface area (Å²) in [6.07, 6.45) is 5.67. The van der Waals surface area contributed by atoms with Gasteiger partial charge in [-0.15, -0.1) is 0 Å². The predicted octanol–water partition coefficient (Wildman–Crippen LogP) is 2.80. The minimum Gasteiger partial charge on any atom is -0.486 e. The smallest absolute Gasteiger partial charge is 0.287 e. The van der Waals surface area contributed by atoms with Crippen molar-refractivity contribution < 1.29 is 23.5 Å². The van der Waals surface area contributed by atoms with E-state index in [9.17, 15) is 9.59 Å². The van der Waals surface area contributed by atoms with Crippen LogP contribution in [0.25, 0.3) is 0 Å². The summed E-state index contributed by atoms with van der Waals surface area (Å²) in [4.78, 5) is 24.7. The molecule has 1 saturated carbocycles. The largest absolute Gasteiger partial charge is 0.486 e. The highest BCUT2D eigenvalue weighted by atomic mass is 16.6. The molecule has 2 aromatic rings. The molecule has 1 aliphatic carbocycles. The van der Waals surface area contributed by atoms with Gasteiger partial charge in [0, 0.05) is 12.0 Å². The molecule has 2 heterocycles. The Labute approximate surface area is 169 Å². The maximum absolute atomic E-state index is 12.6. The van der Waals surface area contributed by atoms with Crippen LogP contribution in [0, 0.1) is 0 Å². The van der Waals surface area contributed by atoms with Crippen molar-refractivity contribution in [3.8, 4) is 11.5 Å². The van der Waals surface area contributed by atoms with E-state index in [4.69, 9.17) is 13.9 Å². The molecule has 0 radical (unpaired) electrons. The lowest BCUT2D eigenvalue weighted by Crippen LogP contribution is -2.48. The molecule has 29 heavy (non-hydrogen) atoms. The van der Waals surface area contributed by atoms with Gasteiger partial charge in [-0.25, -0.2) is 0 Å². The van der Waals surface area contributed by atoms with Crippen LogP contribution in [0.5, 0.6) is 11.5 Å². The second kappa shape index (κ2) is 8.19. The Balaban J connectivity index is 1.42. The van der Waals surface area contributed by atoms with E-state index in [2.05, 4.69) is 16.7 Å². The van der Waals surface area contributed by atoms with Gasteiger partial charge < -0.3 is 24.5 Å². The minimum absolute atomic E-state index is 0.129. The molecular weight excluding hydrogens is 372 g/mol. The Kier molecular flexibility index (Phi) is 5.47. The van der Waals surface area contributed by atoms with E-state index in [-0.39, 0.29) is 17.1 Å². The molecule has 1 aliphatic heterocycles. The molecule has 0 spiro atoms. The summed E-state index contributed by atoms with van der Waals surface area (Å²) < 4.78 is 16.4. The number of carbonyl (C=O) groups is 2. The zero-order valence-electron chi connectivity index (χ0n) is 16.5. The molecular formula is C22H26N2O5. The SMILES string of the molecule is CC(NC(=O)c1ccco1)C(=O)NCC1(c2ccc3c(c2)OCCO3)CCCC1. The predicted molar refractivity (Wildman–Crippen MR) is 106 cm³/mol. The van der Waals surface area contributed by atoms with Crippen molar-refractivity contribution in [2.24, 2.45) is 0 Å². The Morgan fingerprint density at radius 1 is 1.10 bits per heavy atom. The quantitative estimate of drug-likeness (QED) is 0.781. The number of carbonyl (C=O) groups excluding carboxylic acids is 2. The zero-order valence-corrected chi connectivity index (χ0v) is 16.5. The molecule has 7 nitrogen and oxygen atoms in total. The van der Waals surface area contributed by atoms with E-state index < -0.39 is 11.9 Å². The first kappa shape index (κ1) is 19.4. The number of furan rings is 1. The molecule has 2 amide bonds. The number of amides is 2. The summed E-state index contributed by atoms with van der Waals surface area (Å²) >= 11 is 0. The second-order valence-corrected chi connectivity index (χ2v) is 7.74. The highest BCUT2D eigenvalue weighted by Crippen LogP contribution is 2.43. The van der Waals surface area contributed by atoms with Crippen LogP contribution in [0.4, 0.5) is 0 Å².